The molecule has 1 aliphatic carbocycles. The van der Waals surface area contributed by atoms with E-state index in [-0.39, 0.29) is 0 Å². The smallest absolute Gasteiger partial charge is 0.0597 e. The minimum absolute atomic E-state index is 0.329. The molecule has 0 radical (unpaired) electrons. The first-order valence-corrected chi connectivity index (χ1v) is 7.82. The van der Waals surface area contributed by atoms with Crippen molar-refractivity contribution in [2.75, 3.05) is 0 Å². The third-order valence-electron chi connectivity index (χ3n) is 5.95. The number of hydrogen-bond acceptors (Lipinski definition) is 2. The molecule has 2 nitrogen and oxygen atoms in total. The van der Waals surface area contributed by atoms with Crippen LogP contribution in [0, 0.1) is 29.6 Å². The second-order valence-corrected chi connectivity index (χ2v) is 7.09. The molecule has 0 spiro atoms. The summed E-state index contributed by atoms with van der Waals surface area (Å²) in [7, 11) is 0. The summed E-state index contributed by atoms with van der Waals surface area (Å²) < 4.78 is 5.97. The maximum absolute atomic E-state index is 6.62. The van der Waals surface area contributed by atoms with Gasteiger partial charge in [-0.3, -0.25) is 0 Å². The third-order valence-corrected chi connectivity index (χ3v) is 5.95. The molecular weight excluding hydrogens is 222 g/mol. The fourth-order valence-electron chi connectivity index (χ4n) is 4.21. The quantitative estimate of drug-likeness (QED) is 0.818. The van der Waals surface area contributed by atoms with E-state index in [4.69, 9.17) is 10.5 Å². The van der Waals surface area contributed by atoms with Gasteiger partial charge in [-0.2, -0.15) is 0 Å². The Bertz CT molecular complexity index is 280. The van der Waals surface area contributed by atoms with Crippen molar-refractivity contribution in [1.82, 2.24) is 0 Å². The molecule has 0 aromatic carbocycles. The van der Waals surface area contributed by atoms with Crippen molar-refractivity contribution in [2.24, 2.45) is 35.3 Å². The maximum Gasteiger partial charge on any atom is 0.0597 e. The summed E-state index contributed by atoms with van der Waals surface area (Å²) >= 11 is 0. The molecule has 1 saturated heterocycles. The van der Waals surface area contributed by atoms with Gasteiger partial charge in [-0.05, 0) is 50.4 Å². The second kappa shape index (κ2) is 5.50. The van der Waals surface area contributed by atoms with E-state index < -0.39 is 0 Å². The zero-order valence-electron chi connectivity index (χ0n) is 12.7. The minimum Gasteiger partial charge on any atom is -0.375 e. The molecule has 2 aliphatic rings. The first-order valence-electron chi connectivity index (χ1n) is 7.82. The molecule has 18 heavy (non-hydrogen) atoms. The SMILES string of the molecule is CC1CCC(C(N)C2C(C)OC(C)C2C)CC1C. The predicted octanol–water partition coefficient (Wildman–Crippen LogP) is 3.45. The summed E-state index contributed by atoms with van der Waals surface area (Å²) in [5.41, 5.74) is 6.62. The maximum atomic E-state index is 6.62. The van der Waals surface area contributed by atoms with Crippen LogP contribution in [0.15, 0.2) is 0 Å². The van der Waals surface area contributed by atoms with Crippen LogP contribution in [0.4, 0.5) is 0 Å². The van der Waals surface area contributed by atoms with Crippen LogP contribution >= 0.6 is 0 Å². The Labute approximate surface area is 113 Å². The Morgan fingerprint density at radius 1 is 0.944 bits per heavy atom. The lowest BCUT2D eigenvalue weighted by Crippen LogP contribution is -2.45. The Kier molecular flexibility index (Phi) is 4.38. The summed E-state index contributed by atoms with van der Waals surface area (Å²) in [5, 5.41) is 0. The molecule has 2 heteroatoms. The van der Waals surface area contributed by atoms with Gasteiger partial charge < -0.3 is 10.5 Å². The Hall–Kier alpha value is -0.0800. The molecule has 2 rings (SSSR count). The molecule has 0 bridgehead atoms. The van der Waals surface area contributed by atoms with Crippen molar-refractivity contribution in [1.29, 1.82) is 0 Å². The topological polar surface area (TPSA) is 35.2 Å². The van der Waals surface area contributed by atoms with Crippen LogP contribution in [0.5, 0.6) is 0 Å². The van der Waals surface area contributed by atoms with E-state index in [1.807, 2.05) is 0 Å². The second-order valence-electron chi connectivity index (χ2n) is 7.09. The lowest BCUT2D eigenvalue weighted by atomic mass is 9.68. The number of nitrogens with two attached hydrogens (primary N) is 1. The van der Waals surface area contributed by atoms with E-state index in [1.54, 1.807) is 0 Å². The van der Waals surface area contributed by atoms with Crippen LogP contribution in [-0.2, 0) is 4.74 Å². The summed E-state index contributed by atoms with van der Waals surface area (Å²) in [6.45, 7) is 11.5. The zero-order valence-corrected chi connectivity index (χ0v) is 12.7. The van der Waals surface area contributed by atoms with Crippen molar-refractivity contribution < 1.29 is 4.74 Å². The Morgan fingerprint density at radius 3 is 2.11 bits per heavy atom. The Balaban J connectivity index is 2.01. The molecule has 1 saturated carbocycles. The highest BCUT2D eigenvalue weighted by Crippen LogP contribution is 2.41. The summed E-state index contributed by atoms with van der Waals surface area (Å²) in [6, 6.07) is 0.329. The van der Waals surface area contributed by atoms with Crippen molar-refractivity contribution in [3.63, 3.8) is 0 Å². The Morgan fingerprint density at radius 2 is 1.61 bits per heavy atom. The zero-order chi connectivity index (χ0) is 13.4. The number of hydrogen-bond donors (Lipinski definition) is 1. The third kappa shape index (κ3) is 2.60. The summed E-state index contributed by atoms with van der Waals surface area (Å²) in [5.74, 6) is 3.57. The molecule has 2 N–H and O–H groups in total. The van der Waals surface area contributed by atoms with Gasteiger partial charge >= 0.3 is 0 Å². The fraction of sp³-hybridized carbons (Fsp3) is 1.00. The highest BCUT2D eigenvalue weighted by Gasteiger charge is 2.43. The molecule has 106 valence electrons. The molecule has 0 aromatic rings. The monoisotopic (exact) mass is 253 g/mol. The average molecular weight is 253 g/mol. The first-order chi connectivity index (χ1) is 8.41. The van der Waals surface area contributed by atoms with Gasteiger partial charge in [-0.1, -0.05) is 27.2 Å². The molecular formula is C16H31NO. The molecule has 0 amide bonds. The van der Waals surface area contributed by atoms with E-state index >= 15 is 0 Å². The van der Waals surface area contributed by atoms with Crippen LogP contribution in [0.3, 0.4) is 0 Å². The van der Waals surface area contributed by atoms with Crippen LogP contribution in [0.25, 0.3) is 0 Å². The van der Waals surface area contributed by atoms with Crippen molar-refractivity contribution in [3.8, 4) is 0 Å². The van der Waals surface area contributed by atoms with Crippen LogP contribution in [0.2, 0.25) is 0 Å². The minimum atomic E-state index is 0.329. The van der Waals surface area contributed by atoms with Gasteiger partial charge in [-0.15, -0.1) is 0 Å². The molecule has 0 aromatic heterocycles. The van der Waals surface area contributed by atoms with E-state index in [2.05, 4.69) is 34.6 Å². The molecule has 1 aliphatic heterocycles. The lowest BCUT2D eigenvalue weighted by Gasteiger charge is -2.39. The van der Waals surface area contributed by atoms with Crippen LogP contribution in [0.1, 0.15) is 53.9 Å². The van der Waals surface area contributed by atoms with Gasteiger partial charge in [0.1, 0.15) is 0 Å². The fourth-order valence-corrected chi connectivity index (χ4v) is 4.21. The van der Waals surface area contributed by atoms with E-state index in [1.165, 1.54) is 19.3 Å². The number of rotatable bonds is 2. The molecule has 2 fully saturated rings. The van der Waals surface area contributed by atoms with Gasteiger partial charge in [0.2, 0.25) is 0 Å². The summed E-state index contributed by atoms with van der Waals surface area (Å²) in [6.07, 6.45) is 4.69. The van der Waals surface area contributed by atoms with Crippen molar-refractivity contribution >= 4 is 0 Å². The van der Waals surface area contributed by atoms with Gasteiger partial charge in [0, 0.05) is 12.0 Å². The van der Waals surface area contributed by atoms with Crippen molar-refractivity contribution in [2.45, 2.75) is 72.1 Å². The normalized spacial score (nSPS) is 51.3. The molecule has 8 atom stereocenters. The largest absolute Gasteiger partial charge is 0.375 e. The van der Waals surface area contributed by atoms with Gasteiger partial charge in [0.15, 0.2) is 0 Å². The first kappa shape index (κ1) is 14.3. The van der Waals surface area contributed by atoms with E-state index in [9.17, 15) is 0 Å². The number of ether oxygens (including phenoxy) is 1. The van der Waals surface area contributed by atoms with Gasteiger partial charge in [0.25, 0.3) is 0 Å². The standard InChI is InChI=1S/C16H31NO/c1-9-6-7-14(8-10(9)2)16(17)15-11(3)12(4)18-13(15)5/h9-16H,6-8,17H2,1-5H3. The molecule has 8 unspecified atom stereocenters. The highest BCUT2D eigenvalue weighted by atomic mass is 16.5. The summed E-state index contributed by atoms with van der Waals surface area (Å²) in [4.78, 5) is 0. The van der Waals surface area contributed by atoms with Gasteiger partial charge in [-0.25, -0.2) is 0 Å². The van der Waals surface area contributed by atoms with Crippen LogP contribution < -0.4 is 5.73 Å². The van der Waals surface area contributed by atoms with E-state index in [0.29, 0.717) is 36.0 Å². The molecule has 1 heterocycles. The van der Waals surface area contributed by atoms with Crippen molar-refractivity contribution in [3.05, 3.63) is 0 Å². The predicted molar refractivity (Wildman–Crippen MR) is 76.3 cm³/mol. The average Bonchev–Trinajstić information content (AvgIpc) is 2.56. The van der Waals surface area contributed by atoms with E-state index in [0.717, 1.165) is 11.8 Å². The highest BCUT2D eigenvalue weighted by molar-refractivity contribution is 4.94. The van der Waals surface area contributed by atoms with Crippen LogP contribution in [-0.4, -0.2) is 18.2 Å². The lowest BCUT2D eigenvalue weighted by molar-refractivity contribution is 0.0436. The van der Waals surface area contributed by atoms with Gasteiger partial charge in [0.05, 0.1) is 12.2 Å².